The highest BCUT2D eigenvalue weighted by Crippen LogP contribution is 2.19. The molecule has 0 unspecified atom stereocenters. The van der Waals surface area contributed by atoms with E-state index in [0.29, 0.717) is 12.1 Å². The SMILES string of the molecule is CCNC(=NCc1ccc(C(=O)N(C)C)cc1)NCCc1c[nH]c2cc(C)ccc12.I. The smallest absolute Gasteiger partial charge is 0.253 e. The molecule has 6 nitrogen and oxygen atoms in total. The Morgan fingerprint density at radius 2 is 1.84 bits per heavy atom. The number of guanidine groups is 1. The van der Waals surface area contributed by atoms with Gasteiger partial charge in [-0.25, -0.2) is 4.99 Å². The number of hydrogen-bond acceptors (Lipinski definition) is 2. The summed E-state index contributed by atoms with van der Waals surface area (Å²) in [7, 11) is 3.51. The summed E-state index contributed by atoms with van der Waals surface area (Å²) in [5.74, 6) is 0.800. The summed E-state index contributed by atoms with van der Waals surface area (Å²) in [6.07, 6.45) is 3.00. The molecule has 0 aliphatic heterocycles. The molecule has 0 saturated carbocycles. The van der Waals surface area contributed by atoms with Crippen LogP contribution in [-0.4, -0.2) is 48.9 Å². The van der Waals surface area contributed by atoms with Gasteiger partial charge in [0, 0.05) is 49.8 Å². The van der Waals surface area contributed by atoms with E-state index < -0.39 is 0 Å². The highest BCUT2D eigenvalue weighted by molar-refractivity contribution is 14.0. The van der Waals surface area contributed by atoms with Gasteiger partial charge >= 0.3 is 0 Å². The molecule has 0 bridgehead atoms. The highest BCUT2D eigenvalue weighted by Gasteiger charge is 2.07. The van der Waals surface area contributed by atoms with Crippen molar-refractivity contribution in [1.82, 2.24) is 20.5 Å². The molecule has 0 aliphatic rings. The molecule has 31 heavy (non-hydrogen) atoms. The van der Waals surface area contributed by atoms with Gasteiger partial charge in [0.25, 0.3) is 5.91 Å². The van der Waals surface area contributed by atoms with Gasteiger partial charge in [-0.15, -0.1) is 24.0 Å². The molecular formula is C24H32IN5O. The van der Waals surface area contributed by atoms with Crippen LogP contribution in [0.1, 0.15) is 34.0 Å². The summed E-state index contributed by atoms with van der Waals surface area (Å²) >= 11 is 0. The van der Waals surface area contributed by atoms with Crippen LogP contribution in [0.2, 0.25) is 0 Å². The van der Waals surface area contributed by atoms with Crippen LogP contribution in [0.5, 0.6) is 0 Å². The minimum absolute atomic E-state index is 0. The van der Waals surface area contributed by atoms with Crippen molar-refractivity contribution in [2.75, 3.05) is 27.2 Å². The maximum atomic E-state index is 12.0. The Hall–Kier alpha value is -2.55. The summed E-state index contributed by atoms with van der Waals surface area (Å²) in [6.45, 7) is 6.31. The lowest BCUT2D eigenvalue weighted by atomic mass is 10.1. The molecule has 3 aromatic rings. The molecule has 1 aromatic heterocycles. The van der Waals surface area contributed by atoms with E-state index in [-0.39, 0.29) is 29.9 Å². The molecule has 2 aromatic carbocycles. The normalized spacial score (nSPS) is 11.2. The second kappa shape index (κ2) is 11.7. The summed E-state index contributed by atoms with van der Waals surface area (Å²) in [4.78, 5) is 21.6. The van der Waals surface area contributed by atoms with E-state index in [1.54, 1.807) is 19.0 Å². The van der Waals surface area contributed by atoms with Crippen LogP contribution >= 0.6 is 24.0 Å². The second-order valence-corrected chi connectivity index (χ2v) is 7.63. The number of amides is 1. The number of carbonyl (C=O) groups is 1. The Morgan fingerprint density at radius 3 is 2.52 bits per heavy atom. The number of aliphatic imine (C=N–C) groups is 1. The van der Waals surface area contributed by atoms with Crippen molar-refractivity contribution in [2.45, 2.75) is 26.8 Å². The van der Waals surface area contributed by atoms with Gasteiger partial charge in [0.15, 0.2) is 5.96 Å². The van der Waals surface area contributed by atoms with Gasteiger partial charge in [0.2, 0.25) is 0 Å². The predicted octanol–water partition coefficient (Wildman–Crippen LogP) is 4.09. The zero-order valence-corrected chi connectivity index (χ0v) is 21.0. The predicted molar refractivity (Wildman–Crippen MR) is 139 cm³/mol. The number of halogens is 1. The van der Waals surface area contributed by atoms with Crippen molar-refractivity contribution >= 4 is 46.7 Å². The Bertz CT molecular complexity index is 1020. The fraction of sp³-hybridized carbons (Fsp3) is 0.333. The minimum atomic E-state index is 0. The van der Waals surface area contributed by atoms with Crippen LogP contribution in [0.25, 0.3) is 10.9 Å². The van der Waals surface area contributed by atoms with Crippen molar-refractivity contribution in [3.8, 4) is 0 Å². The molecule has 1 heterocycles. The molecule has 3 N–H and O–H groups in total. The average Bonchev–Trinajstić information content (AvgIpc) is 3.13. The summed E-state index contributed by atoms with van der Waals surface area (Å²) in [6, 6.07) is 14.1. The third-order valence-corrected chi connectivity index (χ3v) is 4.98. The Balaban J connectivity index is 0.00000341. The standard InChI is InChI=1S/C24H31N5O.HI/c1-5-25-24(28-15-18-7-9-19(10-8-18)23(30)29(3)4)26-13-12-20-16-27-22-14-17(2)6-11-21(20)22;/h6-11,14,16,27H,5,12-13,15H2,1-4H3,(H2,25,26,28);1H. The zero-order chi connectivity index (χ0) is 21.5. The van der Waals surface area contributed by atoms with Crippen LogP contribution in [0.3, 0.4) is 0 Å². The largest absolute Gasteiger partial charge is 0.361 e. The van der Waals surface area contributed by atoms with Gasteiger partial charge in [-0.3, -0.25) is 4.79 Å². The Morgan fingerprint density at radius 1 is 1.10 bits per heavy atom. The molecule has 0 saturated heterocycles. The van der Waals surface area contributed by atoms with Crippen LogP contribution in [0, 0.1) is 6.92 Å². The molecule has 0 spiro atoms. The number of benzene rings is 2. The first kappa shape index (κ1) is 24.7. The molecular weight excluding hydrogens is 501 g/mol. The fourth-order valence-electron chi connectivity index (χ4n) is 3.35. The number of fused-ring (bicyclic) bond motifs is 1. The molecule has 0 atom stereocenters. The summed E-state index contributed by atoms with van der Waals surface area (Å²) in [5.41, 5.74) is 5.49. The molecule has 1 amide bonds. The zero-order valence-electron chi connectivity index (χ0n) is 18.7. The molecule has 7 heteroatoms. The van der Waals surface area contributed by atoms with E-state index in [9.17, 15) is 4.79 Å². The van der Waals surface area contributed by atoms with Gasteiger partial charge in [0.05, 0.1) is 6.54 Å². The molecule has 0 fully saturated rings. The van der Waals surface area contributed by atoms with E-state index in [2.05, 4.69) is 58.9 Å². The third-order valence-electron chi connectivity index (χ3n) is 4.98. The minimum Gasteiger partial charge on any atom is -0.361 e. The third kappa shape index (κ3) is 6.72. The first-order valence-corrected chi connectivity index (χ1v) is 10.4. The number of aromatic amines is 1. The van der Waals surface area contributed by atoms with Crippen LogP contribution < -0.4 is 10.6 Å². The lowest BCUT2D eigenvalue weighted by Gasteiger charge is -2.12. The van der Waals surface area contributed by atoms with Crippen LogP contribution in [-0.2, 0) is 13.0 Å². The van der Waals surface area contributed by atoms with Gasteiger partial charge < -0.3 is 20.5 Å². The van der Waals surface area contributed by atoms with E-state index >= 15 is 0 Å². The number of rotatable bonds is 7. The Kier molecular flexibility index (Phi) is 9.36. The number of carbonyl (C=O) groups excluding carboxylic acids is 1. The van der Waals surface area contributed by atoms with Gasteiger partial charge in [-0.1, -0.05) is 24.3 Å². The van der Waals surface area contributed by atoms with Crippen molar-refractivity contribution in [1.29, 1.82) is 0 Å². The van der Waals surface area contributed by atoms with E-state index in [0.717, 1.165) is 31.0 Å². The van der Waals surface area contributed by atoms with Crippen LogP contribution in [0.15, 0.2) is 53.7 Å². The fourth-order valence-corrected chi connectivity index (χ4v) is 3.35. The van der Waals surface area contributed by atoms with E-state index in [1.165, 1.54) is 22.0 Å². The van der Waals surface area contributed by atoms with Crippen LogP contribution in [0.4, 0.5) is 0 Å². The summed E-state index contributed by atoms with van der Waals surface area (Å²) < 4.78 is 0. The summed E-state index contributed by atoms with van der Waals surface area (Å²) in [5, 5.41) is 7.98. The number of nitrogens with one attached hydrogen (secondary N) is 3. The van der Waals surface area contributed by atoms with E-state index in [4.69, 9.17) is 0 Å². The average molecular weight is 533 g/mol. The first-order chi connectivity index (χ1) is 14.5. The number of aromatic nitrogens is 1. The van der Waals surface area contributed by atoms with Gasteiger partial charge in [-0.2, -0.15) is 0 Å². The van der Waals surface area contributed by atoms with E-state index in [1.807, 2.05) is 24.3 Å². The maximum Gasteiger partial charge on any atom is 0.253 e. The van der Waals surface area contributed by atoms with Gasteiger partial charge in [0.1, 0.15) is 0 Å². The monoisotopic (exact) mass is 533 g/mol. The highest BCUT2D eigenvalue weighted by atomic mass is 127. The molecule has 166 valence electrons. The number of hydrogen-bond donors (Lipinski definition) is 3. The van der Waals surface area contributed by atoms with Crippen molar-refractivity contribution in [3.05, 3.63) is 70.9 Å². The van der Waals surface area contributed by atoms with Crippen molar-refractivity contribution in [3.63, 3.8) is 0 Å². The first-order valence-electron chi connectivity index (χ1n) is 10.4. The second-order valence-electron chi connectivity index (χ2n) is 7.63. The van der Waals surface area contributed by atoms with Gasteiger partial charge in [-0.05, 0) is 55.2 Å². The number of aryl methyl sites for hydroxylation is 1. The lowest BCUT2D eigenvalue weighted by Crippen LogP contribution is -2.38. The van der Waals surface area contributed by atoms with Crippen molar-refractivity contribution < 1.29 is 4.79 Å². The molecule has 3 rings (SSSR count). The number of nitrogens with zero attached hydrogens (tertiary/aromatic N) is 2. The Labute approximate surface area is 201 Å². The maximum absolute atomic E-state index is 12.0. The van der Waals surface area contributed by atoms with Crippen molar-refractivity contribution in [2.24, 2.45) is 4.99 Å². The molecule has 0 aliphatic carbocycles. The quantitative estimate of drug-likeness (QED) is 0.244. The topological polar surface area (TPSA) is 72.5 Å². The molecule has 0 radical (unpaired) electrons. The lowest BCUT2D eigenvalue weighted by molar-refractivity contribution is 0.0827. The number of H-pyrrole nitrogens is 1.